The van der Waals surface area contributed by atoms with E-state index >= 15 is 0 Å². The fourth-order valence-corrected chi connectivity index (χ4v) is 2.11. The van der Waals surface area contributed by atoms with Crippen molar-refractivity contribution < 1.29 is 19.2 Å². The third kappa shape index (κ3) is 1.77. The number of rotatable bonds is 2. The molecule has 0 unspecified atom stereocenters. The second-order valence-electron chi connectivity index (χ2n) is 4.35. The van der Waals surface area contributed by atoms with Crippen molar-refractivity contribution in [2.75, 3.05) is 11.9 Å². The molecule has 2 heterocycles. The van der Waals surface area contributed by atoms with Crippen molar-refractivity contribution in [3.8, 4) is 11.3 Å². The van der Waals surface area contributed by atoms with Gasteiger partial charge in [-0.25, -0.2) is 4.79 Å². The van der Waals surface area contributed by atoms with Gasteiger partial charge in [-0.05, 0) is 11.6 Å². The van der Waals surface area contributed by atoms with E-state index in [0.717, 1.165) is 11.3 Å². The fourth-order valence-electron chi connectivity index (χ4n) is 2.11. The monoisotopic (exact) mass is 258 g/mol. The standard InChI is InChI=1S/C13H10N2O4/c1-15-10-4-8(3-2-7(10)5-12(15)16)11-6-9(13(17)18)14-19-11/h2-4,6H,5H2,1H3,(H,17,18). The molecule has 3 rings (SSSR count). The summed E-state index contributed by atoms with van der Waals surface area (Å²) >= 11 is 0. The molecule has 1 N–H and O–H groups in total. The van der Waals surface area contributed by atoms with E-state index in [2.05, 4.69) is 5.16 Å². The molecule has 1 aliphatic heterocycles. The van der Waals surface area contributed by atoms with Crippen LogP contribution in [-0.4, -0.2) is 29.2 Å². The lowest BCUT2D eigenvalue weighted by Gasteiger charge is -2.10. The summed E-state index contributed by atoms with van der Waals surface area (Å²) in [5.41, 5.74) is 2.32. The van der Waals surface area contributed by atoms with Crippen LogP contribution < -0.4 is 4.90 Å². The predicted molar refractivity (Wildman–Crippen MR) is 66.0 cm³/mol. The Kier molecular flexibility index (Phi) is 2.38. The maximum atomic E-state index is 11.6. The second kappa shape index (κ2) is 3.94. The lowest BCUT2D eigenvalue weighted by atomic mass is 10.1. The molecule has 2 aromatic rings. The number of carbonyl (C=O) groups is 2. The first kappa shape index (κ1) is 11.5. The average Bonchev–Trinajstić information content (AvgIpc) is 2.96. The van der Waals surface area contributed by atoms with Gasteiger partial charge in [0.2, 0.25) is 5.91 Å². The minimum absolute atomic E-state index is 0.0379. The molecule has 0 fully saturated rings. The molecule has 0 saturated carbocycles. The van der Waals surface area contributed by atoms with Crippen LogP contribution in [0, 0.1) is 0 Å². The predicted octanol–water partition coefficient (Wildman–Crippen LogP) is 1.56. The molecule has 19 heavy (non-hydrogen) atoms. The smallest absolute Gasteiger partial charge is 0.358 e. The summed E-state index contributed by atoms with van der Waals surface area (Å²) in [6, 6.07) is 6.79. The van der Waals surface area contributed by atoms with Gasteiger partial charge in [0, 0.05) is 24.4 Å². The lowest BCUT2D eigenvalue weighted by Crippen LogP contribution is -2.20. The number of carbonyl (C=O) groups excluding carboxylic acids is 1. The Morgan fingerprint density at radius 2 is 2.21 bits per heavy atom. The summed E-state index contributed by atoms with van der Waals surface area (Å²) in [6.45, 7) is 0. The number of fused-ring (bicyclic) bond motifs is 1. The van der Waals surface area contributed by atoms with Crippen LogP contribution in [0.15, 0.2) is 28.8 Å². The molecule has 1 amide bonds. The molecule has 0 radical (unpaired) electrons. The number of carboxylic acid groups (broad SMARTS) is 1. The van der Waals surface area contributed by atoms with Gasteiger partial charge in [-0.15, -0.1) is 0 Å². The molecule has 1 aromatic carbocycles. The molecule has 6 heteroatoms. The number of amides is 1. The first-order valence-electron chi connectivity index (χ1n) is 5.66. The number of hydrogen-bond acceptors (Lipinski definition) is 4. The largest absolute Gasteiger partial charge is 0.476 e. The van der Waals surface area contributed by atoms with Gasteiger partial charge in [-0.2, -0.15) is 0 Å². The van der Waals surface area contributed by atoms with Crippen molar-refractivity contribution in [1.29, 1.82) is 0 Å². The Bertz CT molecular complexity index is 690. The van der Waals surface area contributed by atoms with Gasteiger partial charge in [-0.3, -0.25) is 4.79 Å². The SMILES string of the molecule is CN1C(=O)Cc2ccc(-c3cc(C(=O)O)no3)cc21. The molecule has 1 aromatic heterocycles. The van der Waals surface area contributed by atoms with Gasteiger partial charge in [0.05, 0.1) is 6.42 Å². The van der Waals surface area contributed by atoms with Crippen LogP contribution in [0.3, 0.4) is 0 Å². The quantitative estimate of drug-likeness (QED) is 0.883. The van der Waals surface area contributed by atoms with Gasteiger partial charge >= 0.3 is 5.97 Å². The van der Waals surface area contributed by atoms with Gasteiger partial charge in [0.1, 0.15) is 0 Å². The van der Waals surface area contributed by atoms with Crippen molar-refractivity contribution in [1.82, 2.24) is 5.16 Å². The number of carboxylic acids is 1. The summed E-state index contributed by atoms with van der Waals surface area (Å²) in [5, 5.41) is 12.3. The number of aromatic carboxylic acids is 1. The number of anilines is 1. The average molecular weight is 258 g/mol. The van der Waals surface area contributed by atoms with Crippen molar-refractivity contribution in [3.63, 3.8) is 0 Å². The summed E-state index contributed by atoms with van der Waals surface area (Å²) in [7, 11) is 1.71. The third-order valence-corrected chi connectivity index (χ3v) is 3.18. The number of hydrogen-bond donors (Lipinski definition) is 1. The minimum atomic E-state index is -1.14. The first-order chi connectivity index (χ1) is 9.06. The number of benzene rings is 1. The Morgan fingerprint density at radius 3 is 2.89 bits per heavy atom. The summed E-state index contributed by atoms with van der Waals surface area (Å²) < 4.78 is 5.00. The number of likely N-dealkylation sites (N-methyl/N-ethyl adjacent to an activating group) is 1. The van der Waals surface area contributed by atoms with Crippen LogP contribution >= 0.6 is 0 Å². The summed E-state index contributed by atoms with van der Waals surface area (Å²) in [4.78, 5) is 23.9. The summed E-state index contributed by atoms with van der Waals surface area (Å²) in [5.74, 6) is -0.729. The zero-order chi connectivity index (χ0) is 13.6. The lowest BCUT2D eigenvalue weighted by molar-refractivity contribution is -0.117. The van der Waals surface area contributed by atoms with E-state index in [1.165, 1.54) is 6.07 Å². The first-order valence-corrected chi connectivity index (χ1v) is 5.66. The zero-order valence-corrected chi connectivity index (χ0v) is 10.1. The molecule has 0 bridgehead atoms. The van der Waals surface area contributed by atoms with Crippen LogP contribution in [0.2, 0.25) is 0 Å². The topological polar surface area (TPSA) is 83.6 Å². The molecule has 6 nitrogen and oxygen atoms in total. The van der Waals surface area contributed by atoms with Crippen molar-refractivity contribution >= 4 is 17.6 Å². The van der Waals surface area contributed by atoms with E-state index in [4.69, 9.17) is 9.63 Å². The molecular formula is C13H10N2O4. The van der Waals surface area contributed by atoms with Crippen molar-refractivity contribution in [3.05, 3.63) is 35.5 Å². The van der Waals surface area contributed by atoms with Gasteiger partial charge in [-0.1, -0.05) is 17.3 Å². The van der Waals surface area contributed by atoms with E-state index in [1.807, 2.05) is 6.07 Å². The van der Waals surface area contributed by atoms with Crippen LogP contribution in [0.1, 0.15) is 16.1 Å². The highest BCUT2D eigenvalue weighted by Gasteiger charge is 2.24. The highest BCUT2D eigenvalue weighted by molar-refractivity contribution is 6.01. The molecular weight excluding hydrogens is 248 g/mol. The zero-order valence-electron chi connectivity index (χ0n) is 10.1. The highest BCUT2D eigenvalue weighted by Crippen LogP contribution is 2.32. The van der Waals surface area contributed by atoms with E-state index in [9.17, 15) is 9.59 Å². The molecule has 0 aliphatic carbocycles. The molecule has 1 aliphatic rings. The van der Waals surface area contributed by atoms with E-state index < -0.39 is 5.97 Å². The van der Waals surface area contributed by atoms with E-state index in [-0.39, 0.29) is 11.6 Å². The van der Waals surface area contributed by atoms with Gasteiger partial charge in [0.25, 0.3) is 0 Å². The highest BCUT2D eigenvalue weighted by atomic mass is 16.5. The maximum Gasteiger partial charge on any atom is 0.358 e. The summed E-state index contributed by atoms with van der Waals surface area (Å²) in [6.07, 6.45) is 0.392. The molecule has 96 valence electrons. The van der Waals surface area contributed by atoms with E-state index in [1.54, 1.807) is 24.1 Å². The normalized spacial score (nSPS) is 13.7. The van der Waals surface area contributed by atoms with Crippen molar-refractivity contribution in [2.45, 2.75) is 6.42 Å². The second-order valence-corrected chi connectivity index (χ2v) is 4.35. The van der Waals surface area contributed by atoms with Crippen molar-refractivity contribution in [2.24, 2.45) is 0 Å². The van der Waals surface area contributed by atoms with Crippen LogP contribution in [0.5, 0.6) is 0 Å². The van der Waals surface area contributed by atoms with Gasteiger partial charge < -0.3 is 14.5 Å². The Labute approximate surface area is 108 Å². The Hall–Kier alpha value is -2.63. The molecule has 0 spiro atoms. The molecule has 0 saturated heterocycles. The van der Waals surface area contributed by atoms with Crippen LogP contribution in [0.25, 0.3) is 11.3 Å². The van der Waals surface area contributed by atoms with Crippen LogP contribution in [-0.2, 0) is 11.2 Å². The Morgan fingerprint density at radius 1 is 1.42 bits per heavy atom. The Balaban J connectivity index is 2.03. The molecule has 0 atom stereocenters. The van der Waals surface area contributed by atoms with E-state index in [0.29, 0.717) is 17.7 Å². The third-order valence-electron chi connectivity index (χ3n) is 3.18. The fraction of sp³-hybridized carbons (Fsp3) is 0.154. The minimum Gasteiger partial charge on any atom is -0.476 e. The maximum absolute atomic E-state index is 11.6. The van der Waals surface area contributed by atoms with Crippen LogP contribution in [0.4, 0.5) is 5.69 Å². The number of nitrogens with zero attached hydrogens (tertiary/aromatic N) is 2. The van der Waals surface area contributed by atoms with Gasteiger partial charge in [0.15, 0.2) is 11.5 Å². The number of aromatic nitrogens is 1.